The predicted octanol–water partition coefficient (Wildman–Crippen LogP) is 1.04. The van der Waals surface area contributed by atoms with E-state index in [0.717, 1.165) is 5.56 Å². The Morgan fingerprint density at radius 2 is 1.59 bits per heavy atom. The summed E-state index contributed by atoms with van der Waals surface area (Å²) in [5, 5.41) is 2.74. The maximum absolute atomic E-state index is 12.1. The van der Waals surface area contributed by atoms with Crippen LogP contribution in [0.1, 0.15) is 43.9 Å². The van der Waals surface area contributed by atoms with E-state index in [2.05, 4.69) is 19.2 Å². The molecule has 1 aliphatic rings. The Labute approximate surface area is 166 Å². The van der Waals surface area contributed by atoms with Crippen LogP contribution in [-0.2, 0) is 14.4 Å². The molecule has 1 saturated heterocycles. The molecular formula is C19H29ClN4O3. The van der Waals surface area contributed by atoms with E-state index in [1.54, 1.807) is 0 Å². The number of halogens is 1. The summed E-state index contributed by atoms with van der Waals surface area (Å²) in [6, 6.07) is 7.70. The van der Waals surface area contributed by atoms with Crippen LogP contribution in [-0.4, -0.2) is 60.2 Å². The van der Waals surface area contributed by atoms with Gasteiger partial charge >= 0.3 is 11.8 Å². The molecule has 1 atom stereocenters. The normalized spacial score (nSPS) is 15.6. The van der Waals surface area contributed by atoms with Gasteiger partial charge in [0.15, 0.2) is 0 Å². The summed E-state index contributed by atoms with van der Waals surface area (Å²) in [6.45, 7) is 7.55. The van der Waals surface area contributed by atoms with E-state index in [1.807, 2.05) is 31.2 Å². The third-order valence-electron chi connectivity index (χ3n) is 4.66. The first-order valence-corrected chi connectivity index (χ1v) is 9.03. The topological polar surface area (TPSA) is 95.7 Å². The molecule has 2 rings (SSSR count). The van der Waals surface area contributed by atoms with Crippen molar-refractivity contribution in [2.45, 2.75) is 32.7 Å². The van der Waals surface area contributed by atoms with Crippen molar-refractivity contribution in [3.05, 3.63) is 35.4 Å². The van der Waals surface area contributed by atoms with Gasteiger partial charge in [0, 0.05) is 32.2 Å². The van der Waals surface area contributed by atoms with Crippen LogP contribution in [0.4, 0.5) is 0 Å². The lowest BCUT2D eigenvalue weighted by molar-refractivity contribution is -0.156. The molecule has 0 spiro atoms. The van der Waals surface area contributed by atoms with Crippen LogP contribution < -0.4 is 11.1 Å². The van der Waals surface area contributed by atoms with E-state index in [0.29, 0.717) is 25.6 Å². The van der Waals surface area contributed by atoms with Gasteiger partial charge < -0.3 is 20.9 Å². The van der Waals surface area contributed by atoms with Crippen molar-refractivity contribution in [3.8, 4) is 0 Å². The number of nitrogens with two attached hydrogens (primary N) is 1. The molecule has 1 aromatic carbocycles. The van der Waals surface area contributed by atoms with E-state index in [1.165, 1.54) is 15.4 Å². The van der Waals surface area contributed by atoms with Gasteiger partial charge in [0.2, 0.25) is 5.91 Å². The average Bonchev–Trinajstić information content (AvgIpc) is 2.63. The van der Waals surface area contributed by atoms with Crippen LogP contribution in [0, 0.1) is 0 Å². The van der Waals surface area contributed by atoms with Crippen LogP contribution in [0.15, 0.2) is 24.3 Å². The number of hydrogen-bond donors (Lipinski definition) is 2. The fourth-order valence-electron chi connectivity index (χ4n) is 2.87. The Morgan fingerprint density at radius 3 is 2.15 bits per heavy atom. The highest BCUT2D eigenvalue weighted by molar-refractivity contribution is 6.35. The molecular weight excluding hydrogens is 368 g/mol. The van der Waals surface area contributed by atoms with Crippen LogP contribution in [0.3, 0.4) is 0 Å². The van der Waals surface area contributed by atoms with E-state index in [-0.39, 0.29) is 37.4 Å². The van der Waals surface area contributed by atoms with Crippen molar-refractivity contribution in [1.82, 2.24) is 15.1 Å². The van der Waals surface area contributed by atoms with Crippen molar-refractivity contribution in [1.29, 1.82) is 0 Å². The van der Waals surface area contributed by atoms with Crippen molar-refractivity contribution in [2.75, 3.05) is 32.7 Å². The molecule has 1 aliphatic heterocycles. The smallest absolute Gasteiger partial charge is 0.312 e. The molecule has 27 heavy (non-hydrogen) atoms. The lowest BCUT2D eigenvalue weighted by atomic mass is 9.99. The summed E-state index contributed by atoms with van der Waals surface area (Å²) in [5.41, 5.74) is 8.31. The molecule has 1 aromatic rings. The second-order valence-electron chi connectivity index (χ2n) is 6.84. The first kappa shape index (κ1) is 22.9. The van der Waals surface area contributed by atoms with Crippen LogP contribution in [0.5, 0.6) is 0 Å². The highest BCUT2D eigenvalue weighted by atomic mass is 35.5. The minimum Gasteiger partial charge on any atom is -0.353 e. The maximum atomic E-state index is 12.1. The van der Waals surface area contributed by atoms with E-state index in [4.69, 9.17) is 5.73 Å². The number of benzene rings is 1. The predicted molar refractivity (Wildman–Crippen MR) is 107 cm³/mol. The first-order valence-electron chi connectivity index (χ1n) is 9.03. The molecule has 3 amide bonds. The van der Waals surface area contributed by atoms with Gasteiger partial charge in [0.25, 0.3) is 0 Å². The Kier molecular flexibility index (Phi) is 8.72. The number of likely N-dealkylation sites (N-methyl/N-ethyl adjacent to an activating group) is 1. The summed E-state index contributed by atoms with van der Waals surface area (Å²) in [6.07, 6.45) is 0. The van der Waals surface area contributed by atoms with Crippen molar-refractivity contribution in [3.63, 3.8) is 0 Å². The Bertz CT molecular complexity index is 663. The number of hydrogen-bond acceptors (Lipinski definition) is 4. The number of nitrogens with one attached hydrogen (secondary N) is 1. The van der Waals surface area contributed by atoms with E-state index >= 15 is 0 Å². The third kappa shape index (κ3) is 5.94. The van der Waals surface area contributed by atoms with Crippen molar-refractivity contribution >= 4 is 30.1 Å². The number of carbonyl (C=O) groups excluding carboxylic acids is 3. The monoisotopic (exact) mass is 396 g/mol. The second kappa shape index (κ2) is 10.3. The van der Waals surface area contributed by atoms with Crippen molar-refractivity contribution in [2.24, 2.45) is 5.73 Å². The minimum absolute atomic E-state index is 0. The Morgan fingerprint density at radius 1 is 1.07 bits per heavy atom. The molecule has 0 aromatic heterocycles. The number of nitrogens with zero attached hydrogens (tertiary/aromatic N) is 2. The SMILES string of the molecule is CCN1CCN(CC(=O)NCC(N)c2ccc(C(C)C)cc2)C(=O)C1=O.Cl. The van der Waals surface area contributed by atoms with Gasteiger partial charge in [-0.05, 0) is 24.0 Å². The average molecular weight is 397 g/mol. The lowest BCUT2D eigenvalue weighted by Gasteiger charge is -2.32. The largest absolute Gasteiger partial charge is 0.353 e. The number of piperazine rings is 1. The van der Waals surface area contributed by atoms with Crippen molar-refractivity contribution < 1.29 is 14.4 Å². The van der Waals surface area contributed by atoms with Crippen LogP contribution in [0.25, 0.3) is 0 Å². The van der Waals surface area contributed by atoms with Crippen LogP contribution >= 0.6 is 12.4 Å². The fraction of sp³-hybridized carbons (Fsp3) is 0.526. The molecule has 1 fully saturated rings. The third-order valence-corrected chi connectivity index (χ3v) is 4.66. The molecule has 0 saturated carbocycles. The molecule has 1 unspecified atom stereocenters. The Hall–Kier alpha value is -2.12. The molecule has 0 aliphatic carbocycles. The molecule has 3 N–H and O–H groups in total. The van der Waals surface area contributed by atoms with E-state index < -0.39 is 11.8 Å². The zero-order valence-electron chi connectivity index (χ0n) is 16.1. The number of carbonyl (C=O) groups is 3. The zero-order chi connectivity index (χ0) is 19.3. The molecule has 8 heteroatoms. The summed E-state index contributed by atoms with van der Waals surface area (Å²) >= 11 is 0. The number of rotatable bonds is 7. The van der Waals surface area contributed by atoms with Gasteiger partial charge in [-0.1, -0.05) is 38.1 Å². The molecule has 7 nitrogen and oxygen atoms in total. The van der Waals surface area contributed by atoms with Gasteiger partial charge in [-0.2, -0.15) is 0 Å². The fourth-order valence-corrected chi connectivity index (χ4v) is 2.87. The van der Waals surface area contributed by atoms with Gasteiger partial charge in [-0.3, -0.25) is 14.4 Å². The number of amides is 3. The van der Waals surface area contributed by atoms with Crippen LogP contribution in [0.2, 0.25) is 0 Å². The zero-order valence-corrected chi connectivity index (χ0v) is 16.9. The quantitative estimate of drug-likeness (QED) is 0.673. The minimum atomic E-state index is -0.623. The molecule has 0 radical (unpaired) electrons. The maximum Gasteiger partial charge on any atom is 0.312 e. The summed E-state index contributed by atoms with van der Waals surface area (Å²) in [4.78, 5) is 38.7. The van der Waals surface area contributed by atoms with Gasteiger partial charge in [-0.15, -0.1) is 12.4 Å². The highest BCUT2D eigenvalue weighted by Gasteiger charge is 2.32. The standard InChI is InChI=1S/C19H28N4O3.ClH/c1-4-22-9-10-23(19(26)18(22)25)12-17(24)21-11-16(20)15-7-5-14(6-8-15)13(2)3;/h5-8,13,16H,4,9-12,20H2,1-3H3,(H,21,24);1H. The Balaban J connectivity index is 0.00000364. The summed E-state index contributed by atoms with van der Waals surface area (Å²) < 4.78 is 0. The molecule has 1 heterocycles. The lowest BCUT2D eigenvalue weighted by Crippen LogP contribution is -2.56. The molecule has 0 bridgehead atoms. The summed E-state index contributed by atoms with van der Waals surface area (Å²) in [7, 11) is 0. The second-order valence-corrected chi connectivity index (χ2v) is 6.84. The summed E-state index contributed by atoms with van der Waals surface area (Å²) in [5.74, 6) is -1.03. The first-order chi connectivity index (χ1) is 12.3. The van der Waals surface area contributed by atoms with Gasteiger partial charge in [-0.25, -0.2) is 0 Å². The molecule has 150 valence electrons. The van der Waals surface area contributed by atoms with Gasteiger partial charge in [0.1, 0.15) is 6.54 Å². The van der Waals surface area contributed by atoms with Gasteiger partial charge in [0.05, 0.1) is 0 Å². The van der Waals surface area contributed by atoms with E-state index in [9.17, 15) is 14.4 Å². The highest BCUT2D eigenvalue weighted by Crippen LogP contribution is 2.17.